The van der Waals surface area contributed by atoms with E-state index in [0.717, 1.165) is 34.9 Å². The van der Waals surface area contributed by atoms with Crippen molar-refractivity contribution in [3.8, 4) is 5.75 Å². The molecule has 1 atom stereocenters. The van der Waals surface area contributed by atoms with Crippen molar-refractivity contribution < 1.29 is 14.6 Å². The fourth-order valence-corrected chi connectivity index (χ4v) is 2.50. The molecule has 1 fully saturated rings. The minimum Gasteiger partial charge on any atom is -0.496 e. The van der Waals surface area contributed by atoms with Crippen LogP contribution in [0, 0.1) is 0 Å². The largest absolute Gasteiger partial charge is 0.496 e. The molecule has 1 aliphatic carbocycles. The summed E-state index contributed by atoms with van der Waals surface area (Å²) in [5, 5.41) is 14.6. The van der Waals surface area contributed by atoms with Gasteiger partial charge in [-0.1, -0.05) is 30.3 Å². The lowest BCUT2D eigenvalue weighted by Crippen LogP contribution is -2.30. The monoisotopic (exact) mass is 271 g/mol. The second kappa shape index (κ2) is 5.13. The number of benzene rings is 2. The molecular formula is C16H17NO3. The van der Waals surface area contributed by atoms with Gasteiger partial charge in [-0.3, -0.25) is 10.1 Å². The van der Waals surface area contributed by atoms with Crippen LogP contribution in [0.3, 0.4) is 0 Å². The van der Waals surface area contributed by atoms with E-state index in [9.17, 15) is 9.90 Å². The molecule has 4 heteroatoms. The Morgan fingerprint density at radius 2 is 1.95 bits per heavy atom. The van der Waals surface area contributed by atoms with E-state index in [4.69, 9.17) is 4.74 Å². The Bertz CT molecular complexity index is 649. The third kappa shape index (κ3) is 2.34. The molecule has 4 nitrogen and oxygen atoms in total. The van der Waals surface area contributed by atoms with Crippen LogP contribution in [0.1, 0.15) is 24.4 Å². The summed E-state index contributed by atoms with van der Waals surface area (Å²) in [4.78, 5) is 11.6. The third-order valence-electron chi connectivity index (χ3n) is 3.68. The average Bonchev–Trinajstić information content (AvgIpc) is 3.27. The van der Waals surface area contributed by atoms with E-state index in [1.165, 1.54) is 0 Å². The fraction of sp³-hybridized carbons (Fsp3) is 0.312. The van der Waals surface area contributed by atoms with E-state index in [1.807, 2.05) is 36.4 Å². The Hall–Kier alpha value is -2.07. The number of carbonyl (C=O) groups is 1. The second-order valence-electron chi connectivity index (χ2n) is 5.11. The van der Waals surface area contributed by atoms with Gasteiger partial charge in [0.15, 0.2) is 0 Å². The fourth-order valence-electron chi connectivity index (χ4n) is 2.50. The van der Waals surface area contributed by atoms with Crippen LogP contribution in [0.2, 0.25) is 0 Å². The minimum atomic E-state index is -0.841. The number of methoxy groups -OCH3 is 1. The van der Waals surface area contributed by atoms with Crippen LogP contribution in [0.25, 0.3) is 10.8 Å². The number of nitrogens with one attached hydrogen (secondary N) is 1. The second-order valence-corrected chi connectivity index (χ2v) is 5.11. The predicted molar refractivity (Wildman–Crippen MR) is 77.0 cm³/mol. The van der Waals surface area contributed by atoms with Gasteiger partial charge in [0.25, 0.3) is 0 Å². The molecule has 104 valence electrons. The molecule has 0 spiro atoms. The zero-order valence-electron chi connectivity index (χ0n) is 11.3. The molecule has 2 aromatic rings. The van der Waals surface area contributed by atoms with Crippen molar-refractivity contribution in [1.82, 2.24) is 5.32 Å². The van der Waals surface area contributed by atoms with Gasteiger partial charge in [0, 0.05) is 11.4 Å². The SMILES string of the molecule is COc1ccc(C(NC2CC2)C(=O)O)c2ccccc12. The molecule has 0 saturated heterocycles. The lowest BCUT2D eigenvalue weighted by molar-refractivity contribution is -0.139. The number of hydrogen-bond donors (Lipinski definition) is 2. The lowest BCUT2D eigenvalue weighted by Gasteiger charge is -2.18. The number of carboxylic acid groups (broad SMARTS) is 1. The van der Waals surface area contributed by atoms with Crippen molar-refractivity contribution in [2.45, 2.75) is 24.9 Å². The Morgan fingerprint density at radius 1 is 1.25 bits per heavy atom. The van der Waals surface area contributed by atoms with Gasteiger partial charge in [0.2, 0.25) is 0 Å². The third-order valence-corrected chi connectivity index (χ3v) is 3.68. The minimum absolute atomic E-state index is 0.331. The number of hydrogen-bond acceptors (Lipinski definition) is 3. The summed E-state index contributed by atoms with van der Waals surface area (Å²) in [6.45, 7) is 0. The molecule has 20 heavy (non-hydrogen) atoms. The highest BCUT2D eigenvalue weighted by atomic mass is 16.5. The molecule has 2 N–H and O–H groups in total. The maximum absolute atomic E-state index is 11.6. The van der Waals surface area contributed by atoms with E-state index < -0.39 is 12.0 Å². The summed E-state index contributed by atoms with van der Waals surface area (Å²) in [6.07, 6.45) is 2.11. The summed E-state index contributed by atoms with van der Waals surface area (Å²) in [5.74, 6) is -0.0767. The van der Waals surface area contributed by atoms with Gasteiger partial charge in [-0.05, 0) is 29.9 Å². The van der Waals surface area contributed by atoms with Crippen LogP contribution < -0.4 is 10.1 Å². The molecule has 0 aromatic heterocycles. The number of ether oxygens (including phenoxy) is 1. The van der Waals surface area contributed by atoms with E-state index in [2.05, 4.69) is 5.32 Å². The Labute approximate surface area is 117 Å². The lowest BCUT2D eigenvalue weighted by atomic mass is 9.98. The number of carboxylic acids is 1. The van der Waals surface area contributed by atoms with Gasteiger partial charge in [-0.2, -0.15) is 0 Å². The molecule has 0 aliphatic heterocycles. The Morgan fingerprint density at radius 3 is 2.55 bits per heavy atom. The zero-order valence-corrected chi connectivity index (χ0v) is 11.3. The van der Waals surface area contributed by atoms with E-state index in [0.29, 0.717) is 6.04 Å². The van der Waals surface area contributed by atoms with Crippen molar-refractivity contribution in [3.63, 3.8) is 0 Å². The van der Waals surface area contributed by atoms with Gasteiger partial charge in [-0.25, -0.2) is 0 Å². The number of aliphatic carboxylic acids is 1. The van der Waals surface area contributed by atoms with Crippen molar-refractivity contribution in [1.29, 1.82) is 0 Å². The van der Waals surface area contributed by atoms with Crippen LogP contribution in [0.4, 0.5) is 0 Å². The molecule has 3 rings (SSSR count). The van der Waals surface area contributed by atoms with E-state index >= 15 is 0 Å². The first-order valence-corrected chi connectivity index (χ1v) is 6.75. The zero-order chi connectivity index (χ0) is 14.1. The van der Waals surface area contributed by atoms with Gasteiger partial charge in [0.05, 0.1) is 7.11 Å². The summed E-state index contributed by atoms with van der Waals surface area (Å²) in [5.41, 5.74) is 0.792. The molecule has 1 aliphatic rings. The molecule has 0 bridgehead atoms. The highest BCUT2D eigenvalue weighted by Gasteiger charge is 2.30. The Kier molecular flexibility index (Phi) is 3.32. The first-order valence-electron chi connectivity index (χ1n) is 6.75. The van der Waals surface area contributed by atoms with Crippen LogP contribution >= 0.6 is 0 Å². The topological polar surface area (TPSA) is 58.6 Å². The van der Waals surface area contributed by atoms with Gasteiger partial charge in [0.1, 0.15) is 11.8 Å². The van der Waals surface area contributed by atoms with Crippen molar-refractivity contribution in [2.24, 2.45) is 0 Å². The maximum atomic E-state index is 11.6. The summed E-state index contributed by atoms with van der Waals surface area (Å²) < 4.78 is 5.35. The highest BCUT2D eigenvalue weighted by Crippen LogP contribution is 2.33. The van der Waals surface area contributed by atoms with E-state index in [-0.39, 0.29) is 0 Å². The van der Waals surface area contributed by atoms with Crippen molar-refractivity contribution >= 4 is 16.7 Å². The Balaban J connectivity index is 2.11. The average molecular weight is 271 g/mol. The summed E-state index contributed by atoms with van der Waals surface area (Å²) >= 11 is 0. The first kappa shape index (κ1) is 12.9. The number of fused-ring (bicyclic) bond motifs is 1. The van der Waals surface area contributed by atoms with Crippen molar-refractivity contribution in [3.05, 3.63) is 42.0 Å². The van der Waals surface area contributed by atoms with Gasteiger partial charge in [-0.15, -0.1) is 0 Å². The molecule has 2 aromatic carbocycles. The molecule has 1 unspecified atom stereocenters. The molecule has 0 amide bonds. The molecular weight excluding hydrogens is 254 g/mol. The normalized spacial score (nSPS) is 16.1. The maximum Gasteiger partial charge on any atom is 0.325 e. The predicted octanol–water partition coefficient (Wildman–Crippen LogP) is 2.73. The van der Waals surface area contributed by atoms with Gasteiger partial charge < -0.3 is 9.84 Å². The molecule has 1 saturated carbocycles. The molecule has 0 heterocycles. The number of rotatable bonds is 5. The standard InChI is InChI=1S/C16H17NO3/c1-20-14-9-8-13(11-4-2-3-5-12(11)14)15(16(18)19)17-10-6-7-10/h2-5,8-10,15,17H,6-7H2,1H3,(H,18,19). The summed E-state index contributed by atoms with van der Waals surface area (Å²) in [6, 6.07) is 11.1. The first-order chi connectivity index (χ1) is 9.70. The summed E-state index contributed by atoms with van der Waals surface area (Å²) in [7, 11) is 1.62. The highest BCUT2D eigenvalue weighted by molar-refractivity contribution is 5.94. The van der Waals surface area contributed by atoms with Crippen LogP contribution in [-0.2, 0) is 4.79 Å². The van der Waals surface area contributed by atoms with Crippen LogP contribution in [0.15, 0.2) is 36.4 Å². The molecule has 0 radical (unpaired) electrons. The van der Waals surface area contributed by atoms with Crippen LogP contribution in [0.5, 0.6) is 5.75 Å². The van der Waals surface area contributed by atoms with Crippen LogP contribution in [-0.4, -0.2) is 24.2 Å². The smallest absolute Gasteiger partial charge is 0.325 e. The quantitative estimate of drug-likeness (QED) is 0.878. The van der Waals surface area contributed by atoms with Crippen molar-refractivity contribution in [2.75, 3.05) is 7.11 Å². The van der Waals surface area contributed by atoms with E-state index in [1.54, 1.807) is 7.11 Å². The van der Waals surface area contributed by atoms with Gasteiger partial charge >= 0.3 is 5.97 Å².